The molecule has 1 amide bonds. The van der Waals surface area contributed by atoms with Gasteiger partial charge in [0.2, 0.25) is 5.88 Å². The van der Waals surface area contributed by atoms with Gasteiger partial charge in [-0.2, -0.15) is 0 Å². The molecule has 1 saturated heterocycles. The van der Waals surface area contributed by atoms with Crippen LogP contribution in [0, 0.1) is 0 Å². The van der Waals surface area contributed by atoms with Crippen LogP contribution in [0.2, 0.25) is 0 Å². The standard InChI is InChI=1S/C16H25N3O3/c1-11(19-9-12(2)22-13(3)10-19)8-18-15(20)14-6-5-7-17-16(14)21-4/h5-7,11-13H,8-10H2,1-4H3,(H,18,20)/t11-,12+,13+/m0/s1. The van der Waals surface area contributed by atoms with Crippen molar-refractivity contribution in [1.29, 1.82) is 0 Å². The van der Waals surface area contributed by atoms with Crippen LogP contribution in [-0.2, 0) is 4.74 Å². The van der Waals surface area contributed by atoms with Gasteiger partial charge >= 0.3 is 0 Å². The molecule has 0 aliphatic carbocycles. The molecule has 1 aromatic heterocycles. The minimum Gasteiger partial charge on any atom is -0.480 e. The molecule has 22 heavy (non-hydrogen) atoms. The van der Waals surface area contributed by atoms with E-state index in [1.54, 1.807) is 18.3 Å². The van der Waals surface area contributed by atoms with Crippen LogP contribution < -0.4 is 10.1 Å². The summed E-state index contributed by atoms with van der Waals surface area (Å²) in [6, 6.07) is 3.69. The highest BCUT2D eigenvalue weighted by atomic mass is 16.5. The molecule has 1 aliphatic rings. The lowest BCUT2D eigenvalue weighted by Gasteiger charge is -2.39. The summed E-state index contributed by atoms with van der Waals surface area (Å²) in [6.07, 6.45) is 2.05. The maximum absolute atomic E-state index is 12.3. The van der Waals surface area contributed by atoms with E-state index in [1.807, 2.05) is 0 Å². The smallest absolute Gasteiger partial charge is 0.256 e. The fourth-order valence-corrected chi connectivity index (χ4v) is 2.77. The Morgan fingerprint density at radius 1 is 1.50 bits per heavy atom. The van der Waals surface area contributed by atoms with Crippen molar-refractivity contribution >= 4 is 5.91 Å². The van der Waals surface area contributed by atoms with E-state index < -0.39 is 0 Å². The van der Waals surface area contributed by atoms with Gasteiger partial charge in [-0.3, -0.25) is 9.69 Å². The summed E-state index contributed by atoms with van der Waals surface area (Å²) in [5.41, 5.74) is 0.459. The molecule has 1 aliphatic heterocycles. The number of ether oxygens (including phenoxy) is 2. The molecule has 0 spiro atoms. The third-order valence-corrected chi connectivity index (χ3v) is 3.84. The van der Waals surface area contributed by atoms with Gasteiger partial charge in [-0.1, -0.05) is 0 Å². The highest BCUT2D eigenvalue weighted by Gasteiger charge is 2.26. The third-order valence-electron chi connectivity index (χ3n) is 3.84. The summed E-state index contributed by atoms with van der Waals surface area (Å²) < 4.78 is 10.9. The summed E-state index contributed by atoms with van der Waals surface area (Å²) in [4.78, 5) is 18.7. The first-order valence-electron chi connectivity index (χ1n) is 7.68. The molecule has 0 bridgehead atoms. The largest absolute Gasteiger partial charge is 0.480 e. The van der Waals surface area contributed by atoms with Gasteiger partial charge in [0.25, 0.3) is 5.91 Å². The number of nitrogens with zero attached hydrogens (tertiary/aromatic N) is 2. The molecule has 1 N–H and O–H groups in total. The highest BCUT2D eigenvalue weighted by molar-refractivity contribution is 5.96. The first-order valence-corrected chi connectivity index (χ1v) is 7.68. The number of rotatable bonds is 5. The van der Waals surface area contributed by atoms with Crippen molar-refractivity contribution in [3.63, 3.8) is 0 Å². The van der Waals surface area contributed by atoms with Gasteiger partial charge in [-0.05, 0) is 32.9 Å². The third kappa shape index (κ3) is 4.18. The van der Waals surface area contributed by atoms with Gasteiger partial charge in [-0.15, -0.1) is 0 Å². The summed E-state index contributed by atoms with van der Waals surface area (Å²) in [6.45, 7) is 8.62. The van der Waals surface area contributed by atoms with E-state index in [2.05, 4.69) is 36.0 Å². The molecule has 3 atom stereocenters. The number of methoxy groups -OCH3 is 1. The second kappa shape index (κ2) is 7.56. The van der Waals surface area contributed by atoms with Crippen molar-refractivity contribution in [2.45, 2.75) is 39.0 Å². The summed E-state index contributed by atoms with van der Waals surface area (Å²) >= 11 is 0. The lowest BCUT2D eigenvalue weighted by molar-refractivity contribution is -0.0778. The molecular formula is C16H25N3O3. The van der Waals surface area contributed by atoms with E-state index in [4.69, 9.17) is 9.47 Å². The van der Waals surface area contributed by atoms with Crippen molar-refractivity contribution in [2.24, 2.45) is 0 Å². The Balaban J connectivity index is 1.90. The van der Waals surface area contributed by atoms with Gasteiger partial charge in [-0.25, -0.2) is 4.98 Å². The molecular weight excluding hydrogens is 282 g/mol. The number of hydrogen-bond donors (Lipinski definition) is 1. The lowest BCUT2D eigenvalue weighted by Crippen LogP contribution is -2.52. The fourth-order valence-electron chi connectivity index (χ4n) is 2.77. The molecule has 1 fully saturated rings. The number of aromatic nitrogens is 1. The number of nitrogens with one attached hydrogen (secondary N) is 1. The molecule has 1 aromatic rings. The maximum atomic E-state index is 12.3. The van der Waals surface area contributed by atoms with E-state index in [1.165, 1.54) is 7.11 Å². The maximum Gasteiger partial charge on any atom is 0.256 e. The Bertz CT molecular complexity index is 499. The normalized spacial score (nSPS) is 23.8. The van der Waals surface area contributed by atoms with Crippen LogP contribution in [0.4, 0.5) is 0 Å². The first kappa shape index (κ1) is 16.7. The van der Waals surface area contributed by atoms with Crippen molar-refractivity contribution in [1.82, 2.24) is 15.2 Å². The number of hydrogen-bond acceptors (Lipinski definition) is 5. The van der Waals surface area contributed by atoms with Crippen molar-refractivity contribution in [2.75, 3.05) is 26.7 Å². The first-order chi connectivity index (χ1) is 10.5. The van der Waals surface area contributed by atoms with Crippen LogP contribution >= 0.6 is 0 Å². The predicted molar refractivity (Wildman–Crippen MR) is 84.2 cm³/mol. The van der Waals surface area contributed by atoms with Gasteiger partial charge in [0, 0.05) is 31.9 Å². The van der Waals surface area contributed by atoms with Crippen molar-refractivity contribution in [3.05, 3.63) is 23.9 Å². The van der Waals surface area contributed by atoms with Gasteiger partial charge < -0.3 is 14.8 Å². The Morgan fingerprint density at radius 3 is 2.82 bits per heavy atom. The number of amides is 1. The summed E-state index contributed by atoms with van der Waals surface area (Å²) in [5.74, 6) is 0.187. The lowest BCUT2D eigenvalue weighted by atomic mass is 10.1. The molecule has 0 aromatic carbocycles. The highest BCUT2D eigenvalue weighted by Crippen LogP contribution is 2.15. The van der Waals surface area contributed by atoms with Crippen LogP contribution in [0.3, 0.4) is 0 Å². The van der Waals surface area contributed by atoms with E-state index >= 15 is 0 Å². The average Bonchev–Trinajstić information content (AvgIpc) is 2.51. The van der Waals surface area contributed by atoms with E-state index in [0.29, 0.717) is 18.0 Å². The molecule has 0 saturated carbocycles. The van der Waals surface area contributed by atoms with E-state index in [-0.39, 0.29) is 24.2 Å². The molecule has 2 heterocycles. The van der Waals surface area contributed by atoms with E-state index in [9.17, 15) is 4.79 Å². The zero-order valence-electron chi connectivity index (χ0n) is 13.7. The molecule has 6 nitrogen and oxygen atoms in total. The van der Waals surface area contributed by atoms with Gasteiger partial charge in [0.05, 0.1) is 19.3 Å². The van der Waals surface area contributed by atoms with Crippen LogP contribution in [0.25, 0.3) is 0 Å². The number of morpholine rings is 1. The number of carbonyl (C=O) groups is 1. The van der Waals surface area contributed by atoms with Gasteiger partial charge in [0.1, 0.15) is 5.56 Å². The monoisotopic (exact) mass is 307 g/mol. The molecule has 0 radical (unpaired) electrons. The number of carbonyl (C=O) groups excluding carboxylic acids is 1. The minimum atomic E-state index is -0.161. The van der Waals surface area contributed by atoms with Crippen LogP contribution in [0.5, 0.6) is 5.88 Å². The Hall–Kier alpha value is -1.66. The van der Waals surface area contributed by atoms with Crippen molar-refractivity contribution < 1.29 is 14.3 Å². The molecule has 6 heteroatoms. The zero-order valence-corrected chi connectivity index (χ0v) is 13.7. The quantitative estimate of drug-likeness (QED) is 0.889. The van der Waals surface area contributed by atoms with E-state index in [0.717, 1.165) is 13.1 Å². The second-order valence-corrected chi connectivity index (χ2v) is 5.83. The topological polar surface area (TPSA) is 63.7 Å². The molecule has 0 unspecified atom stereocenters. The zero-order chi connectivity index (χ0) is 16.1. The van der Waals surface area contributed by atoms with Crippen LogP contribution in [0.1, 0.15) is 31.1 Å². The van der Waals surface area contributed by atoms with Gasteiger partial charge in [0.15, 0.2) is 0 Å². The average molecular weight is 307 g/mol. The molecule has 2 rings (SSSR count). The SMILES string of the molecule is COc1ncccc1C(=O)NC[C@H](C)N1C[C@@H](C)O[C@H](C)C1. The minimum absolute atomic E-state index is 0.161. The molecule has 122 valence electrons. The van der Waals surface area contributed by atoms with Crippen molar-refractivity contribution in [3.8, 4) is 5.88 Å². The summed E-state index contributed by atoms with van der Waals surface area (Å²) in [5, 5.41) is 2.96. The summed E-state index contributed by atoms with van der Waals surface area (Å²) in [7, 11) is 1.51. The Kier molecular flexibility index (Phi) is 5.74. The van der Waals surface area contributed by atoms with Crippen LogP contribution in [0.15, 0.2) is 18.3 Å². The predicted octanol–water partition coefficient (Wildman–Crippen LogP) is 1.32. The second-order valence-electron chi connectivity index (χ2n) is 5.83. The Morgan fingerprint density at radius 2 is 2.18 bits per heavy atom. The Labute approximate surface area is 131 Å². The van der Waals surface area contributed by atoms with Crippen LogP contribution in [-0.4, -0.2) is 60.8 Å². The fraction of sp³-hybridized carbons (Fsp3) is 0.625. The number of pyridine rings is 1.